The highest BCUT2D eigenvalue weighted by Gasteiger charge is 2.34. The number of carbonyl (C=O) groups excluding carboxylic acids is 2. The van der Waals surface area contributed by atoms with Crippen molar-refractivity contribution in [3.8, 4) is 0 Å². The lowest BCUT2D eigenvalue weighted by Crippen LogP contribution is -2.41. The molecule has 0 radical (unpaired) electrons. The summed E-state index contributed by atoms with van der Waals surface area (Å²) in [6.45, 7) is 1.78. The van der Waals surface area contributed by atoms with E-state index in [0.717, 1.165) is 12.8 Å². The van der Waals surface area contributed by atoms with Crippen molar-refractivity contribution in [1.29, 1.82) is 0 Å². The maximum absolute atomic E-state index is 12.3. The first kappa shape index (κ1) is 16.0. The van der Waals surface area contributed by atoms with E-state index in [2.05, 4.69) is 15.8 Å². The number of hydrogen-bond donors (Lipinski definition) is 2. The number of amides is 2. The van der Waals surface area contributed by atoms with Crippen LogP contribution in [0.5, 0.6) is 0 Å². The van der Waals surface area contributed by atoms with Crippen molar-refractivity contribution in [2.45, 2.75) is 51.1 Å². The molecule has 126 valence electrons. The third-order valence-corrected chi connectivity index (χ3v) is 4.74. The van der Waals surface area contributed by atoms with Gasteiger partial charge in [0.2, 0.25) is 11.8 Å². The number of hydrogen-bond acceptors (Lipinski definition) is 5. The smallest absolute Gasteiger partial charge is 0.245 e. The van der Waals surface area contributed by atoms with Crippen molar-refractivity contribution in [3.63, 3.8) is 0 Å². The lowest BCUT2D eigenvalue weighted by Gasteiger charge is -2.29. The molecule has 1 aromatic rings. The molecule has 2 aliphatic rings. The fraction of sp³-hybridized carbons (Fsp3) is 0.688. The van der Waals surface area contributed by atoms with Crippen LogP contribution in [0.25, 0.3) is 0 Å². The summed E-state index contributed by atoms with van der Waals surface area (Å²) in [5.74, 6) is 1.21. The van der Waals surface area contributed by atoms with Crippen LogP contribution in [0.4, 0.5) is 5.82 Å². The summed E-state index contributed by atoms with van der Waals surface area (Å²) in [4.78, 5) is 25.8. The van der Waals surface area contributed by atoms with E-state index in [1.165, 1.54) is 17.7 Å². The van der Waals surface area contributed by atoms with Gasteiger partial charge in [-0.2, -0.15) is 0 Å². The topological polar surface area (TPSA) is 87.5 Å². The molecule has 2 fully saturated rings. The van der Waals surface area contributed by atoms with Gasteiger partial charge >= 0.3 is 0 Å². The summed E-state index contributed by atoms with van der Waals surface area (Å²) in [6, 6.07) is 2.80. The number of aromatic nitrogens is 1. The molecule has 0 spiro atoms. The molecule has 2 atom stereocenters. The minimum Gasteiger partial charge on any atom is -0.360 e. The Morgan fingerprint density at radius 3 is 2.70 bits per heavy atom. The molecule has 2 bridgehead atoms. The van der Waals surface area contributed by atoms with Crippen LogP contribution in [-0.2, 0) is 9.59 Å². The van der Waals surface area contributed by atoms with Crippen molar-refractivity contribution in [1.82, 2.24) is 15.4 Å². The van der Waals surface area contributed by atoms with Gasteiger partial charge in [-0.1, -0.05) is 5.16 Å². The Kier molecular flexibility index (Phi) is 4.66. The van der Waals surface area contributed by atoms with Crippen LogP contribution in [0.2, 0.25) is 0 Å². The third kappa shape index (κ3) is 4.10. The standard InChI is InChI=1S/C16H24N4O3/c1-10-5-14(19-23-10)18-15(21)9-20(2)16(22)8-11-6-12-3-4-13(7-11)17-12/h5,11-13,17H,3-4,6-9H2,1-2H3,(H,18,19,21). The number of rotatable bonds is 5. The van der Waals surface area contributed by atoms with E-state index in [1.54, 1.807) is 20.0 Å². The highest BCUT2D eigenvalue weighted by Crippen LogP contribution is 2.32. The second kappa shape index (κ2) is 6.70. The average Bonchev–Trinajstić information content (AvgIpc) is 3.04. The Bertz CT molecular complexity index is 574. The Labute approximate surface area is 135 Å². The van der Waals surface area contributed by atoms with Crippen LogP contribution < -0.4 is 10.6 Å². The molecule has 7 nitrogen and oxygen atoms in total. The van der Waals surface area contributed by atoms with Gasteiger partial charge in [-0.15, -0.1) is 0 Å². The second-order valence-corrected chi connectivity index (χ2v) is 6.80. The SMILES string of the molecule is Cc1cc(NC(=O)CN(C)C(=O)CC2CC3CCC(C2)N3)no1. The van der Waals surface area contributed by atoms with E-state index in [0.29, 0.717) is 36.0 Å². The van der Waals surface area contributed by atoms with Gasteiger partial charge < -0.3 is 20.1 Å². The number of aryl methyl sites for hydroxylation is 1. The molecule has 2 N–H and O–H groups in total. The van der Waals surface area contributed by atoms with Gasteiger partial charge in [0, 0.05) is 31.6 Å². The molecule has 2 aliphatic heterocycles. The summed E-state index contributed by atoms with van der Waals surface area (Å²) in [6.07, 6.45) is 5.12. The zero-order chi connectivity index (χ0) is 16.4. The number of carbonyl (C=O) groups is 2. The fourth-order valence-electron chi connectivity index (χ4n) is 3.66. The fourth-order valence-corrected chi connectivity index (χ4v) is 3.66. The van der Waals surface area contributed by atoms with Crippen LogP contribution in [0.3, 0.4) is 0 Å². The predicted octanol–water partition coefficient (Wildman–Crippen LogP) is 1.30. The molecule has 3 heterocycles. The first-order valence-electron chi connectivity index (χ1n) is 8.23. The first-order chi connectivity index (χ1) is 11.0. The minimum absolute atomic E-state index is 0.0303. The van der Waals surface area contributed by atoms with Crippen molar-refractivity contribution >= 4 is 17.6 Å². The van der Waals surface area contributed by atoms with Crippen LogP contribution >= 0.6 is 0 Å². The van der Waals surface area contributed by atoms with E-state index < -0.39 is 0 Å². The van der Waals surface area contributed by atoms with Gasteiger partial charge in [0.25, 0.3) is 0 Å². The van der Waals surface area contributed by atoms with Crippen LogP contribution in [0.15, 0.2) is 10.6 Å². The summed E-state index contributed by atoms with van der Waals surface area (Å²) in [5.41, 5.74) is 0. The molecule has 2 saturated heterocycles. The summed E-state index contributed by atoms with van der Waals surface area (Å²) < 4.78 is 4.89. The van der Waals surface area contributed by atoms with E-state index in [1.807, 2.05) is 0 Å². The molecule has 23 heavy (non-hydrogen) atoms. The number of piperidine rings is 1. The quantitative estimate of drug-likeness (QED) is 0.854. The molecule has 2 unspecified atom stereocenters. The van der Waals surface area contributed by atoms with E-state index in [4.69, 9.17) is 4.52 Å². The molecule has 7 heteroatoms. The van der Waals surface area contributed by atoms with Crippen molar-refractivity contribution in [2.24, 2.45) is 5.92 Å². The van der Waals surface area contributed by atoms with Gasteiger partial charge in [0.15, 0.2) is 5.82 Å². The molecule has 0 aliphatic carbocycles. The van der Waals surface area contributed by atoms with E-state index in [9.17, 15) is 9.59 Å². The summed E-state index contributed by atoms with van der Waals surface area (Å²) in [7, 11) is 1.67. The predicted molar refractivity (Wildman–Crippen MR) is 84.8 cm³/mol. The second-order valence-electron chi connectivity index (χ2n) is 6.80. The van der Waals surface area contributed by atoms with Crippen molar-refractivity contribution in [3.05, 3.63) is 11.8 Å². The van der Waals surface area contributed by atoms with E-state index in [-0.39, 0.29) is 18.4 Å². The highest BCUT2D eigenvalue weighted by molar-refractivity contribution is 5.93. The first-order valence-corrected chi connectivity index (χ1v) is 8.23. The summed E-state index contributed by atoms with van der Waals surface area (Å²) >= 11 is 0. The van der Waals surface area contributed by atoms with Crippen molar-refractivity contribution in [2.75, 3.05) is 18.9 Å². The van der Waals surface area contributed by atoms with Crippen molar-refractivity contribution < 1.29 is 14.1 Å². The van der Waals surface area contributed by atoms with Crippen LogP contribution in [0.1, 0.15) is 37.9 Å². The summed E-state index contributed by atoms with van der Waals surface area (Å²) in [5, 5.41) is 9.92. The molecule has 1 aromatic heterocycles. The minimum atomic E-state index is -0.264. The van der Waals surface area contributed by atoms with Crippen LogP contribution in [-0.4, -0.2) is 47.5 Å². The van der Waals surface area contributed by atoms with Gasteiger partial charge in [-0.25, -0.2) is 0 Å². The Morgan fingerprint density at radius 1 is 1.39 bits per heavy atom. The number of nitrogens with one attached hydrogen (secondary N) is 2. The third-order valence-electron chi connectivity index (χ3n) is 4.74. The largest absolute Gasteiger partial charge is 0.360 e. The van der Waals surface area contributed by atoms with Gasteiger partial charge in [0.05, 0.1) is 6.54 Å². The number of nitrogens with zero attached hydrogens (tertiary/aromatic N) is 2. The zero-order valence-corrected chi connectivity index (χ0v) is 13.7. The number of anilines is 1. The molecular weight excluding hydrogens is 296 g/mol. The Hall–Kier alpha value is -1.89. The van der Waals surface area contributed by atoms with Gasteiger partial charge in [0.1, 0.15) is 5.76 Å². The lowest BCUT2D eigenvalue weighted by atomic mass is 9.89. The van der Waals surface area contributed by atoms with Gasteiger partial charge in [-0.05, 0) is 38.5 Å². The van der Waals surface area contributed by atoms with Gasteiger partial charge in [-0.3, -0.25) is 9.59 Å². The zero-order valence-electron chi connectivity index (χ0n) is 13.7. The Morgan fingerprint density at radius 2 is 2.09 bits per heavy atom. The normalized spacial score (nSPS) is 26.1. The molecule has 0 saturated carbocycles. The highest BCUT2D eigenvalue weighted by atomic mass is 16.5. The maximum Gasteiger partial charge on any atom is 0.245 e. The Balaban J connectivity index is 1.44. The average molecular weight is 320 g/mol. The van der Waals surface area contributed by atoms with E-state index >= 15 is 0 Å². The molecular formula is C16H24N4O3. The van der Waals surface area contributed by atoms with Crippen LogP contribution in [0, 0.1) is 12.8 Å². The number of fused-ring (bicyclic) bond motifs is 2. The molecule has 0 aromatic carbocycles. The maximum atomic E-state index is 12.3. The molecule has 2 amide bonds. The monoisotopic (exact) mass is 320 g/mol. The molecule has 3 rings (SSSR count). The lowest BCUT2D eigenvalue weighted by molar-refractivity contribution is -0.134. The number of likely N-dealkylation sites (N-methyl/N-ethyl adjacent to an activating group) is 1.